The number of hydrogen-bond donors (Lipinski definition) is 1. The molecule has 1 unspecified atom stereocenters. The van der Waals surface area contributed by atoms with Gasteiger partial charge >= 0.3 is 12.2 Å². The number of urea groups is 1. The number of nitrogens with zero attached hydrogens (tertiary/aromatic N) is 2. The number of alkyl halides is 3. The van der Waals surface area contributed by atoms with Crippen LogP contribution in [-0.2, 0) is 28.1 Å². The average Bonchev–Trinajstić information content (AvgIpc) is 3.24. The second kappa shape index (κ2) is 8.68. The van der Waals surface area contributed by atoms with Crippen LogP contribution in [0.15, 0.2) is 46.9 Å². The lowest BCUT2D eigenvalue weighted by molar-refractivity contribution is -0.187. The highest BCUT2D eigenvalue weighted by atomic mass is 79.9. The van der Waals surface area contributed by atoms with Crippen molar-refractivity contribution >= 4 is 33.8 Å². The summed E-state index contributed by atoms with van der Waals surface area (Å²) in [4.78, 5) is 40.2. The lowest BCUT2D eigenvalue weighted by Gasteiger charge is -2.32. The van der Waals surface area contributed by atoms with Gasteiger partial charge in [-0.15, -0.1) is 0 Å². The Balaban J connectivity index is 1.58. The molecular formula is C23H20BrF4N3O3. The van der Waals surface area contributed by atoms with E-state index < -0.39 is 54.5 Å². The summed E-state index contributed by atoms with van der Waals surface area (Å²) in [5.74, 6) is -2.30. The Kier molecular flexibility index (Phi) is 6.17. The largest absolute Gasteiger partial charge is 0.408 e. The first-order chi connectivity index (χ1) is 15.9. The fraction of sp³-hybridized carbons (Fsp3) is 0.348. The first kappa shape index (κ1) is 24.2. The molecule has 1 fully saturated rings. The van der Waals surface area contributed by atoms with E-state index in [0.29, 0.717) is 21.8 Å². The number of benzene rings is 2. The van der Waals surface area contributed by atoms with E-state index in [9.17, 15) is 31.9 Å². The molecule has 4 rings (SSSR count). The maximum absolute atomic E-state index is 13.5. The molecule has 6 nitrogen and oxygen atoms in total. The molecule has 0 radical (unpaired) electrons. The fourth-order valence-electron chi connectivity index (χ4n) is 4.39. The monoisotopic (exact) mass is 541 g/mol. The van der Waals surface area contributed by atoms with Crippen LogP contribution in [0.3, 0.4) is 0 Å². The molecule has 2 aliphatic rings. The Bertz CT molecular complexity index is 1160. The van der Waals surface area contributed by atoms with E-state index in [1.54, 1.807) is 12.1 Å². The summed E-state index contributed by atoms with van der Waals surface area (Å²) in [6.45, 7) is -0.495. The standard InChI is InChI=1S/C23H20BrF4N3O3/c1-13(23(26,27)28)30(11-14-2-5-17(25)6-3-14)19(32)12-31-20(33)22(29-21(31)34)9-8-15-10-16(24)4-7-18(15)22/h2-7,10,13H,8-9,11-12H2,1H3,(H,29,34)/t13?,22-/m0/s1. The van der Waals surface area contributed by atoms with Crippen LogP contribution in [-0.4, -0.2) is 46.4 Å². The molecule has 0 saturated carbocycles. The van der Waals surface area contributed by atoms with Gasteiger partial charge in [-0.3, -0.25) is 14.5 Å². The minimum atomic E-state index is -4.74. The van der Waals surface area contributed by atoms with Gasteiger partial charge in [-0.1, -0.05) is 34.1 Å². The van der Waals surface area contributed by atoms with Crippen LogP contribution in [0.1, 0.15) is 30.0 Å². The topological polar surface area (TPSA) is 69.7 Å². The van der Waals surface area contributed by atoms with Gasteiger partial charge < -0.3 is 10.2 Å². The van der Waals surface area contributed by atoms with Gasteiger partial charge in [0.15, 0.2) is 0 Å². The predicted octanol–water partition coefficient (Wildman–Crippen LogP) is 4.26. The van der Waals surface area contributed by atoms with E-state index in [0.717, 1.165) is 29.1 Å². The van der Waals surface area contributed by atoms with Crippen molar-refractivity contribution in [2.75, 3.05) is 6.54 Å². The lowest BCUT2D eigenvalue weighted by atomic mass is 9.92. The molecule has 1 aliphatic carbocycles. The predicted molar refractivity (Wildman–Crippen MR) is 117 cm³/mol. The maximum atomic E-state index is 13.5. The number of amides is 4. The highest BCUT2D eigenvalue weighted by Gasteiger charge is 2.56. The minimum absolute atomic E-state index is 0.273. The van der Waals surface area contributed by atoms with Crippen molar-refractivity contribution < 1.29 is 31.9 Å². The summed E-state index contributed by atoms with van der Waals surface area (Å²) in [6, 6.07) is 6.95. The van der Waals surface area contributed by atoms with E-state index in [4.69, 9.17) is 0 Å². The molecule has 4 amide bonds. The zero-order chi connectivity index (χ0) is 24.8. The Morgan fingerprint density at radius 1 is 1.21 bits per heavy atom. The van der Waals surface area contributed by atoms with Crippen LogP contribution in [0.2, 0.25) is 0 Å². The van der Waals surface area contributed by atoms with Crippen LogP contribution in [0, 0.1) is 5.82 Å². The van der Waals surface area contributed by atoms with Gasteiger partial charge in [0, 0.05) is 11.0 Å². The van der Waals surface area contributed by atoms with Crippen LogP contribution in [0.25, 0.3) is 0 Å². The Morgan fingerprint density at radius 2 is 1.88 bits per heavy atom. The van der Waals surface area contributed by atoms with Crippen molar-refractivity contribution in [3.05, 3.63) is 69.4 Å². The second-order valence-electron chi connectivity index (χ2n) is 8.39. The first-order valence-corrected chi connectivity index (χ1v) is 11.3. The molecule has 1 N–H and O–H groups in total. The van der Waals surface area contributed by atoms with Gasteiger partial charge in [0.25, 0.3) is 5.91 Å². The van der Waals surface area contributed by atoms with Crippen molar-refractivity contribution in [2.24, 2.45) is 0 Å². The summed E-state index contributed by atoms with van der Waals surface area (Å²) < 4.78 is 54.6. The SMILES string of the molecule is CC(N(Cc1ccc(F)cc1)C(=O)CN1C(=O)N[C@]2(CCc3cc(Br)ccc32)C1=O)C(F)(F)F. The fourth-order valence-corrected chi connectivity index (χ4v) is 4.80. The molecular weight excluding hydrogens is 522 g/mol. The number of hydrogen-bond acceptors (Lipinski definition) is 3. The van der Waals surface area contributed by atoms with Gasteiger partial charge in [-0.2, -0.15) is 13.2 Å². The summed E-state index contributed by atoms with van der Waals surface area (Å²) in [5, 5.41) is 2.65. The summed E-state index contributed by atoms with van der Waals surface area (Å²) in [5.41, 5.74) is 0.399. The number of carbonyl (C=O) groups excluding carboxylic acids is 3. The third-order valence-electron chi connectivity index (χ3n) is 6.29. The van der Waals surface area contributed by atoms with E-state index in [-0.39, 0.29) is 12.0 Å². The first-order valence-electron chi connectivity index (χ1n) is 10.5. The Morgan fingerprint density at radius 3 is 2.53 bits per heavy atom. The summed E-state index contributed by atoms with van der Waals surface area (Å²) in [6.07, 6.45) is -3.94. The maximum Gasteiger partial charge on any atom is 0.408 e. The van der Waals surface area contributed by atoms with Crippen molar-refractivity contribution in [3.63, 3.8) is 0 Å². The lowest BCUT2D eigenvalue weighted by Crippen LogP contribution is -2.51. The third kappa shape index (κ3) is 4.28. The number of carbonyl (C=O) groups is 3. The van der Waals surface area contributed by atoms with Crippen LogP contribution in [0.5, 0.6) is 0 Å². The zero-order valence-electron chi connectivity index (χ0n) is 18.0. The molecule has 180 valence electrons. The van der Waals surface area contributed by atoms with Crippen molar-refractivity contribution in [3.8, 4) is 0 Å². The zero-order valence-corrected chi connectivity index (χ0v) is 19.5. The molecule has 2 atom stereocenters. The molecule has 1 heterocycles. The number of imide groups is 1. The second-order valence-corrected chi connectivity index (χ2v) is 9.31. The molecule has 0 aromatic heterocycles. The van der Waals surface area contributed by atoms with Gasteiger partial charge in [-0.25, -0.2) is 9.18 Å². The van der Waals surface area contributed by atoms with Crippen molar-refractivity contribution in [2.45, 2.75) is 44.1 Å². The van der Waals surface area contributed by atoms with Crippen LogP contribution < -0.4 is 5.32 Å². The number of halogens is 5. The van der Waals surface area contributed by atoms with Gasteiger partial charge in [0.1, 0.15) is 23.9 Å². The summed E-state index contributed by atoms with van der Waals surface area (Å²) in [7, 11) is 0. The molecule has 0 bridgehead atoms. The highest BCUT2D eigenvalue weighted by molar-refractivity contribution is 9.10. The van der Waals surface area contributed by atoms with Gasteiger partial charge in [0.05, 0.1) is 0 Å². The molecule has 2 aromatic carbocycles. The van der Waals surface area contributed by atoms with Crippen LogP contribution in [0.4, 0.5) is 22.4 Å². The molecule has 1 spiro atoms. The van der Waals surface area contributed by atoms with E-state index >= 15 is 0 Å². The average molecular weight is 542 g/mol. The van der Waals surface area contributed by atoms with Crippen molar-refractivity contribution in [1.82, 2.24) is 15.1 Å². The number of aryl methyl sites for hydroxylation is 1. The Hall–Kier alpha value is -2.95. The number of fused-ring (bicyclic) bond motifs is 2. The van der Waals surface area contributed by atoms with Crippen LogP contribution >= 0.6 is 15.9 Å². The van der Waals surface area contributed by atoms with E-state index in [2.05, 4.69) is 21.2 Å². The molecule has 1 saturated heterocycles. The van der Waals surface area contributed by atoms with Gasteiger partial charge in [-0.05, 0) is 60.7 Å². The highest BCUT2D eigenvalue weighted by Crippen LogP contribution is 2.42. The molecule has 2 aromatic rings. The minimum Gasteiger partial charge on any atom is -0.325 e. The number of rotatable bonds is 5. The smallest absolute Gasteiger partial charge is 0.325 e. The van der Waals surface area contributed by atoms with Gasteiger partial charge in [0.2, 0.25) is 5.91 Å². The molecule has 1 aliphatic heterocycles. The van der Waals surface area contributed by atoms with E-state index in [1.165, 1.54) is 12.1 Å². The molecule has 34 heavy (non-hydrogen) atoms. The molecule has 11 heteroatoms. The summed E-state index contributed by atoms with van der Waals surface area (Å²) >= 11 is 3.36. The van der Waals surface area contributed by atoms with E-state index in [1.807, 2.05) is 6.07 Å². The van der Waals surface area contributed by atoms with Crippen molar-refractivity contribution in [1.29, 1.82) is 0 Å². The third-order valence-corrected chi connectivity index (χ3v) is 6.79. The Labute approximate surface area is 201 Å². The normalized spacial score (nSPS) is 20.5. The quantitative estimate of drug-likeness (QED) is 0.454. The number of nitrogens with one attached hydrogen (secondary N) is 1.